The van der Waals surface area contributed by atoms with Gasteiger partial charge in [-0.15, -0.1) is 0 Å². The summed E-state index contributed by atoms with van der Waals surface area (Å²) in [5.74, 6) is -0.374. The number of carboxylic acids is 1. The van der Waals surface area contributed by atoms with Crippen LogP contribution in [0.2, 0.25) is 0 Å². The molecule has 0 radical (unpaired) electrons. The van der Waals surface area contributed by atoms with Gasteiger partial charge in [-0.25, -0.2) is 9.59 Å². The number of carboxylic acid groups (broad SMARTS) is 1. The van der Waals surface area contributed by atoms with Crippen molar-refractivity contribution in [2.45, 2.75) is 51.4 Å². The van der Waals surface area contributed by atoms with Crippen LogP contribution in [0.4, 0.5) is 4.79 Å². The molecule has 0 saturated carbocycles. The van der Waals surface area contributed by atoms with Gasteiger partial charge in [-0.3, -0.25) is 0 Å². The molecule has 3 rings (SSSR count). The molecule has 2 aromatic rings. The number of hydrogen-bond donors (Lipinski definition) is 3. The molecule has 3 N–H and O–H groups in total. The highest BCUT2D eigenvalue weighted by Gasteiger charge is 2.22. The van der Waals surface area contributed by atoms with E-state index in [1.54, 1.807) is 0 Å². The zero-order chi connectivity index (χ0) is 24.3. The number of hydrogen-bond acceptors (Lipinski definition) is 6. The van der Waals surface area contributed by atoms with Gasteiger partial charge in [-0.1, -0.05) is 42.5 Å². The topological polar surface area (TPSA) is 100 Å². The summed E-state index contributed by atoms with van der Waals surface area (Å²) in [5, 5.41) is 15.5. The molecular formula is C26H35N3O5. The quantitative estimate of drug-likeness (QED) is 0.435. The van der Waals surface area contributed by atoms with Crippen LogP contribution in [0.25, 0.3) is 0 Å². The van der Waals surface area contributed by atoms with Gasteiger partial charge in [0.05, 0.1) is 6.61 Å². The number of nitrogens with zero attached hydrogens (tertiary/aromatic N) is 1. The minimum Gasteiger partial charge on any atom is -0.494 e. The Hall–Kier alpha value is -3.10. The highest BCUT2D eigenvalue weighted by atomic mass is 16.5. The first kappa shape index (κ1) is 25.5. The molecule has 34 heavy (non-hydrogen) atoms. The Kier molecular flexibility index (Phi) is 9.73. The van der Waals surface area contributed by atoms with Crippen molar-refractivity contribution in [1.29, 1.82) is 0 Å². The van der Waals surface area contributed by atoms with Gasteiger partial charge in [-0.05, 0) is 43.5 Å². The highest BCUT2D eigenvalue weighted by Crippen LogP contribution is 2.14. The van der Waals surface area contributed by atoms with Crippen molar-refractivity contribution in [2.75, 3.05) is 26.2 Å². The second-order valence-corrected chi connectivity index (χ2v) is 8.88. The van der Waals surface area contributed by atoms with Crippen LogP contribution in [-0.2, 0) is 22.6 Å². The molecule has 1 saturated heterocycles. The van der Waals surface area contributed by atoms with E-state index in [1.807, 2.05) is 54.6 Å². The first-order valence-corrected chi connectivity index (χ1v) is 11.8. The average Bonchev–Trinajstić information content (AvgIpc) is 2.81. The first-order valence-electron chi connectivity index (χ1n) is 11.8. The van der Waals surface area contributed by atoms with Gasteiger partial charge in [0.15, 0.2) is 0 Å². The number of piperazine rings is 1. The number of amides is 1. The standard InChI is InChI=1S/C26H35N3O5/c1-19-16-29(17-20(2)27-19)13-6-14-33-23-11-9-21(10-12-23)15-24(25(30)31)28-26(32)34-18-22-7-4-3-5-8-22/h3-5,7-12,19-20,24,27H,6,13-18H2,1-2H3,(H,28,32)(H,30,31). The second-order valence-electron chi connectivity index (χ2n) is 8.88. The summed E-state index contributed by atoms with van der Waals surface area (Å²) in [4.78, 5) is 26.1. The first-order chi connectivity index (χ1) is 16.4. The number of carbonyl (C=O) groups is 2. The smallest absolute Gasteiger partial charge is 0.408 e. The number of ether oxygens (including phenoxy) is 2. The fourth-order valence-corrected chi connectivity index (χ4v) is 4.17. The summed E-state index contributed by atoms with van der Waals surface area (Å²) in [6.07, 6.45) is 0.330. The van der Waals surface area contributed by atoms with Gasteiger partial charge in [0.25, 0.3) is 0 Å². The van der Waals surface area contributed by atoms with E-state index in [0.717, 1.165) is 42.9 Å². The minimum atomic E-state index is -1.12. The Morgan fingerprint density at radius 1 is 1.06 bits per heavy atom. The lowest BCUT2D eigenvalue weighted by atomic mass is 10.1. The highest BCUT2D eigenvalue weighted by molar-refractivity contribution is 5.80. The Morgan fingerprint density at radius 3 is 2.38 bits per heavy atom. The maximum atomic E-state index is 12.0. The van der Waals surface area contributed by atoms with Gasteiger partial charge < -0.3 is 30.1 Å². The molecule has 184 valence electrons. The minimum absolute atomic E-state index is 0.0811. The summed E-state index contributed by atoms with van der Waals surface area (Å²) >= 11 is 0. The largest absolute Gasteiger partial charge is 0.494 e. The monoisotopic (exact) mass is 469 g/mol. The molecule has 2 aromatic carbocycles. The SMILES string of the molecule is CC1CN(CCCOc2ccc(CC(NC(=O)OCc3ccccc3)C(=O)O)cc2)CC(C)N1. The molecule has 1 fully saturated rings. The van der Waals surface area contributed by atoms with E-state index >= 15 is 0 Å². The van der Waals surface area contributed by atoms with Crippen LogP contribution in [0, 0.1) is 0 Å². The molecule has 3 atom stereocenters. The molecule has 0 bridgehead atoms. The van der Waals surface area contributed by atoms with Gasteiger partial charge in [-0.2, -0.15) is 0 Å². The maximum Gasteiger partial charge on any atom is 0.408 e. The summed E-state index contributed by atoms with van der Waals surface area (Å²) in [6, 6.07) is 16.5. The van der Waals surface area contributed by atoms with Crippen LogP contribution < -0.4 is 15.4 Å². The summed E-state index contributed by atoms with van der Waals surface area (Å²) in [5.41, 5.74) is 1.61. The lowest BCUT2D eigenvalue weighted by Gasteiger charge is -2.36. The molecule has 0 spiro atoms. The second kappa shape index (κ2) is 13.0. The van der Waals surface area contributed by atoms with Crippen molar-refractivity contribution < 1.29 is 24.2 Å². The van der Waals surface area contributed by atoms with E-state index in [4.69, 9.17) is 9.47 Å². The van der Waals surface area contributed by atoms with Crippen LogP contribution in [0.3, 0.4) is 0 Å². The van der Waals surface area contributed by atoms with Crippen molar-refractivity contribution in [3.8, 4) is 5.75 Å². The van der Waals surface area contributed by atoms with Crippen molar-refractivity contribution >= 4 is 12.1 Å². The summed E-state index contributed by atoms with van der Waals surface area (Å²) in [7, 11) is 0. The van der Waals surface area contributed by atoms with Crippen molar-refractivity contribution in [1.82, 2.24) is 15.5 Å². The van der Waals surface area contributed by atoms with Gasteiger partial charge in [0.2, 0.25) is 0 Å². The molecule has 0 aromatic heterocycles. The summed E-state index contributed by atoms with van der Waals surface area (Å²) in [6.45, 7) is 8.23. The Morgan fingerprint density at radius 2 is 1.74 bits per heavy atom. The van der Waals surface area contributed by atoms with E-state index in [0.29, 0.717) is 18.7 Å². The number of nitrogens with one attached hydrogen (secondary N) is 2. The third kappa shape index (κ3) is 8.68. The average molecular weight is 470 g/mol. The lowest BCUT2D eigenvalue weighted by Crippen LogP contribution is -2.54. The van der Waals surface area contributed by atoms with E-state index in [9.17, 15) is 14.7 Å². The maximum absolute atomic E-state index is 12.0. The van der Waals surface area contributed by atoms with Gasteiger partial charge >= 0.3 is 12.1 Å². The Labute approximate surface area is 201 Å². The van der Waals surface area contributed by atoms with E-state index in [2.05, 4.69) is 29.4 Å². The van der Waals surface area contributed by atoms with Crippen LogP contribution in [0.1, 0.15) is 31.4 Å². The van der Waals surface area contributed by atoms with Crippen LogP contribution in [0.15, 0.2) is 54.6 Å². The molecular weight excluding hydrogens is 434 g/mol. The molecule has 1 aliphatic heterocycles. The zero-order valence-corrected chi connectivity index (χ0v) is 19.9. The fraction of sp³-hybridized carbons (Fsp3) is 0.462. The molecule has 3 unspecified atom stereocenters. The van der Waals surface area contributed by atoms with E-state index < -0.39 is 18.1 Å². The fourth-order valence-electron chi connectivity index (χ4n) is 4.17. The molecule has 1 aliphatic rings. The van der Waals surface area contributed by atoms with Crippen molar-refractivity contribution in [3.05, 3.63) is 65.7 Å². The van der Waals surface area contributed by atoms with Crippen molar-refractivity contribution in [3.63, 3.8) is 0 Å². The number of carbonyl (C=O) groups excluding carboxylic acids is 1. The van der Waals surface area contributed by atoms with Crippen LogP contribution >= 0.6 is 0 Å². The van der Waals surface area contributed by atoms with Crippen molar-refractivity contribution in [2.24, 2.45) is 0 Å². The Bertz CT molecular complexity index is 896. The predicted octanol–water partition coefficient (Wildman–Crippen LogP) is 3.06. The van der Waals surface area contributed by atoms with E-state index in [-0.39, 0.29) is 13.0 Å². The number of rotatable bonds is 11. The molecule has 8 heteroatoms. The van der Waals surface area contributed by atoms with Crippen LogP contribution in [0.5, 0.6) is 5.75 Å². The number of benzene rings is 2. The number of aliphatic carboxylic acids is 1. The third-order valence-corrected chi connectivity index (χ3v) is 5.69. The molecule has 8 nitrogen and oxygen atoms in total. The van der Waals surface area contributed by atoms with Gasteiger partial charge in [0.1, 0.15) is 18.4 Å². The van der Waals surface area contributed by atoms with E-state index in [1.165, 1.54) is 0 Å². The van der Waals surface area contributed by atoms with Crippen LogP contribution in [-0.4, -0.2) is 66.4 Å². The molecule has 1 amide bonds. The molecule has 1 heterocycles. The Balaban J connectivity index is 1.39. The summed E-state index contributed by atoms with van der Waals surface area (Å²) < 4.78 is 11.0. The lowest BCUT2D eigenvalue weighted by molar-refractivity contribution is -0.139. The number of alkyl carbamates (subject to hydrolysis) is 1. The third-order valence-electron chi connectivity index (χ3n) is 5.69. The predicted molar refractivity (Wildman–Crippen MR) is 130 cm³/mol. The van der Waals surface area contributed by atoms with Gasteiger partial charge in [0, 0.05) is 38.1 Å². The normalized spacial score (nSPS) is 19.2. The zero-order valence-electron chi connectivity index (χ0n) is 19.9. The molecule has 0 aliphatic carbocycles.